The summed E-state index contributed by atoms with van der Waals surface area (Å²) in [6, 6.07) is 0. The summed E-state index contributed by atoms with van der Waals surface area (Å²) < 4.78 is 7.60. The number of nitrogens with one attached hydrogen (secondary N) is 1. The molecule has 1 N–H and O–H groups in total. The lowest BCUT2D eigenvalue weighted by Crippen LogP contribution is -2.27. The molecule has 19 heavy (non-hydrogen) atoms. The number of rotatable bonds is 4. The minimum Gasteiger partial charge on any atom is -0.381 e. The monoisotopic (exact) mass is 282 g/mol. The largest absolute Gasteiger partial charge is 0.381 e. The molecule has 1 atom stereocenters. The third kappa shape index (κ3) is 3.12. The third-order valence-corrected chi connectivity index (χ3v) is 5.30. The quantitative estimate of drug-likeness (QED) is 0.846. The highest BCUT2D eigenvalue weighted by molar-refractivity contribution is 7.99. The van der Waals surface area contributed by atoms with Crippen LogP contribution in [0.2, 0.25) is 0 Å². The van der Waals surface area contributed by atoms with Crippen molar-refractivity contribution in [1.29, 1.82) is 0 Å². The normalized spacial score (nSPS) is 25.0. The molecule has 3 heterocycles. The van der Waals surface area contributed by atoms with Crippen LogP contribution in [0.25, 0.3) is 0 Å². The van der Waals surface area contributed by atoms with Crippen molar-refractivity contribution in [1.82, 2.24) is 20.1 Å². The lowest BCUT2D eigenvalue weighted by atomic mass is 9.97. The highest BCUT2D eigenvalue weighted by Crippen LogP contribution is 2.28. The lowest BCUT2D eigenvalue weighted by molar-refractivity contribution is 0.189. The van der Waals surface area contributed by atoms with Gasteiger partial charge in [0.2, 0.25) is 0 Å². The number of thioether (sulfide) groups is 1. The Balaban J connectivity index is 1.61. The Morgan fingerprint density at radius 1 is 1.32 bits per heavy atom. The Bertz CT molecular complexity index is 411. The molecule has 1 unspecified atom stereocenters. The topological polar surface area (TPSA) is 52.0 Å². The van der Waals surface area contributed by atoms with Crippen molar-refractivity contribution in [3.63, 3.8) is 0 Å². The van der Waals surface area contributed by atoms with Crippen LogP contribution in [0.5, 0.6) is 0 Å². The van der Waals surface area contributed by atoms with E-state index in [9.17, 15) is 0 Å². The van der Waals surface area contributed by atoms with Crippen LogP contribution in [-0.2, 0) is 11.8 Å². The van der Waals surface area contributed by atoms with Crippen LogP contribution in [0.15, 0.2) is 5.16 Å². The van der Waals surface area contributed by atoms with Crippen molar-refractivity contribution < 1.29 is 4.74 Å². The maximum atomic E-state index is 5.41. The number of ether oxygens (including phenoxy) is 1. The zero-order chi connectivity index (χ0) is 13.1. The first kappa shape index (κ1) is 13.4. The van der Waals surface area contributed by atoms with Crippen molar-refractivity contribution in [2.45, 2.75) is 30.3 Å². The second-order valence-corrected chi connectivity index (χ2v) is 6.45. The van der Waals surface area contributed by atoms with Gasteiger partial charge in [0.05, 0.1) is 6.61 Å². The summed E-state index contributed by atoms with van der Waals surface area (Å²) in [5, 5.41) is 13.2. The van der Waals surface area contributed by atoms with Gasteiger partial charge in [-0.25, -0.2) is 0 Å². The van der Waals surface area contributed by atoms with Gasteiger partial charge in [-0.2, -0.15) is 0 Å². The van der Waals surface area contributed by atoms with Crippen molar-refractivity contribution in [2.24, 2.45) is 13.0 Å². The zero-order valence-electron chi connectivity index (χ0n) is 11.5. The predicted molar refractivity (Wildman–Crippen MR) is 75.5 cm³/mol. The summed E-state index contributed by atoms with van der Waals surface area (Å²) in [6.07, 6.45) is 3.53. The Hall–Kier alpha value is -0.590. The summed E-state index contributed by atoms with van der Waals surface area (Å²) in [4.78, 5) is 0. The Morgan fingerprint density at radius 2 is 2.16 bits per heavy atom. The lowest BCUT2D eigenvalue weighted by Gasteiger charge is -2.21. The molecular formula is C13H22N4OS. The molecule has 0 aromatic carbocycles. The summed E-state index contributed by atoms with van der Waals surface area (Å²) in [6.45, 7) is 4.02. The number of aromatic nitrogens is 3. The van der Waals surface area contributed by atoms with Crippen molar-refractivity contribution >= 4 is 11.8 Å². The van der Waals surface area contributed by atoms with Crippen LogP contribution >= 0.6 is 11.8 Å². The molecule has 0 aliphatic carbocycles. The van der Waals surface area contributed by atoms with Crippen LogP contribution < -0.4 is 5.32 Å². The first-order valence-corrected chi connectivity index (χ1v) is 8.13. The summed E-state index contributed by atoms with van der Waals surface area (Å²) in [5.74, 6) is 3.51. The van der Waals surface area contributed by atoms with Gasteiger partial charge in [0.1, 0.15) is 5.82 Å². The average Bonchev–Trinajstić information content (AvgIpc) is 3.07. The second-order valence-electron chi connectivity index (χ2n) is 5.46. The van der Waals surface area contributed by atoms with Gasteiger partial charge in [0.25, 0.3) is 0 Å². The molecule has 2 aliphatic rings. The number of piperidine rings is 1. The first-order valence-electron chi connectivity index (χ1n) is 7.15. The third-order valence-electron chi connectivity index (χ3n) is 4.05. The van der Waals surface area contributed by atoms with E-state index >= 15 is 0 Å². The molecule has 6 heteroatoms. The zero-order valence-corrected chi connectivity index (χ0v) is 12.3. The molecule has 106 valence electrons. The van der Waals surface area contributed by atoms with E-state index < -0.39 is 0 Å². The van der Waals surface area contributed by atoms with Gasteiger partial charge < -0.3 is 14.6 Å². The fourth-order valence-corrected chi connectivity index (χ4v) is 3.83. The van der Waals surface area contributed by atoms with Crippen molar-refractivity contribution in [3.05, 3.63) is 5.82 Å². The molecule has 1 aromatic rings. The van der Waals surface area contributed by atoms with Gasteiger partial charge in [-0.3, -0.25) is 0 Å². The predicted octanol–water partition coefficient (Wildman–Crippen LogP) is 1.41. The highest BCUT2D eigenvalue weighted by Gasteiger charge is 2.22. The molecule has 0 spiro atoms. The van der Waals surface area contributed by atoms with Crippen LogP contribution in [0.1, 0.15) is 31.0 Å². The summed E-state index contributed by atoms with van der Waals surface area (Å²) in [7, 11) is 2.10. The highest BCUT2D eigenvalue weighted by atomic mass is 32.2. The van der Waals surface area contributed by atoms with Crippen LogP contribution in [0, 0.1) is 5.92 Å². The van der Waals surface area contributed by atoms with E-state index in [4.69, 9.17) is 4.74 Å². The molecule has 2 aliphatic heterocycles. The van der Waals surface area contributed by atoms with Crippen LogP contribution in [-0.4, -0.2) is 46.8 Å². The molecule has 2 saturated heterocycles. The standard InChI is InChI=1S/C13H22N4OS/c1-17-12(11-2-5-14-6-3-11)15-16-13(17)19-9-10-4-7-18-8-10/h10-11,14H,2-9H2,1H3. The van der Waals surface area contributed by atoms with Gasteiger partial charge in [-0.15, -0.1) is 10.2 Å². The molecule has 3 rings (SSSR count). The summed E-state index contributed by atoms with van der Waals surface area (Å²) >= 11 is 1.82. The first-order chi connectivity index (χ1) is 9.34. The van der Waals surface area contributed by atoms with Gasteiger partial charge >= 0.3 is 0 Å². The van der Waals surface area contributed by atoms with Crippen molar-refractivity contribution in [2.75, 3.05) is 32.1 Å². The Morgan fingerprint density at radius 3 is 2.89 bits per heavy atom. The van der Waals surface area contributed by atoms with Crippen LogP contribution in [0.3, 0.4) is 0 Å². The van der Waals surface area contributed by atoms with Gasteiger partial charge in [0.15, 0.2) is 5.16 Å². The molecule has 2 fully saturated rings. The van der Waals surface area contributed by atoms with E-state index in [1.807, 2.05) is 11.8 Å². The minimum absolute atomic E-state index is 0.572. The van der Waals surface area contributed by atoms with Crippen LogP contribution in [0.4, 0.5) is 0 Å². The number of hydrogen-bond acceptors (Lipinski definition) is 5. The second kappa shape index (κ2) is 6.24. The van der Waals surface area contributed by atoms with Gasteiger partial charge in [-0.05, 0) is 38.3 Å². The van der Waals surface area contributed by atoms with E-state index in [1.165, 1.54) is 19.3 Å². The molecule has 0 radical (unpaired) electrons. The summed E-state index contributed by atoms with van der Waals surface area (Å²) in [5.41, 5.74) is 0. The maximum Gasteiger partial charge on any atom is 0.190 e. The average molecular weight is 282 g/mol. The van der Waals surface area contributed by atoms with E-state index in [1.54, 1.807) is 0 Å². The van der Waals surface area contributed by atoms with Gasteiger partial charge in [-0.1, -0.05) is 11.8 Å². The molecular weight excluding hydrogens is 260 g/mol. The van der Waals surface area contributed by atoms with E-state index in [0.29, 0.717) is 11.8 Å². The maximum absolute atomic E-state index is 5.41. The fourth-order valence-electron chi connectivity index (χ4n) is 2.79. The Labute approximate surface area is 118 Å². The van der Waals surface area contributed by atoms with Crippen molar-refractivity contribution in [3.8, 4) is 0 Å². The number of nitrogens with zero attached hydrogens (tertiary/aromatic N) is 3. The molecule has 1 aromatic heterocycles. The SMILES string of the molecule is Cn1c(SCC2CCOC2)nnc1C1CCNCC1. The van der Waals surface area contributed by atoms with E-state index in [2.05, 4.69) is 27.1 Å². The minimum atomic E-state index is 0.572. The smallest absolute Gasteiger partial charge is 0.190 e. The Kier molecular flexibility index (Phi) is 4.40. The van der Waals surface area contributed by atoms with Gasteiger partial charge in [0, 0.05) is 25.3 Å². The molecule has 5 nitrogen and oxygen atoms in total. The van der Waals surface area contributed by atoms with E-state index in [-0.39, 0.29) is 0 Å². The molecule has 0 bridgehead atoms. The van der Waals surface area contributed by atoms with E-state index in [0.717, 1.165) is 43.0 Å². The number of hydrogen-bond donors (Lipinski definition) is 1. The molecule has 0 amide bonds. The molecule has 0 saturated carbocycles. The fraction of sp³-hybridized carbons (Fsp3) is 0.846.